The second-order valence-corrected chi connectivity index (χ2v) is 11.4. The van der Waals surface area contributed by atoms with Crippen LogP contribution in [-0.2, 0) is 42.3 Å². The van der Waals surface area contributed by atoms with Crippen LogP contribution in [-0.4, -0.2) is 29.8 Å². The maximum Gasteiger partial charge on any atom is 0.296 e. The Kier molecular flexibility index (Phi) is 6.25. The van der Waals surface area contributed by atoms with Gasteiger partial charge in [0.1, 0.15) is 15.6 Å². The molecular weight excluding hydrogens is 468 g/mol. The van der Waals surface area contributed by atoms with Gasteiger partial charge in [-0.25, -0.2) is 22.0 Å². The highest BCUT2D eigenvalue weighted by atomic mass is 32.2. The van der Waals surface area contributed by atoms with Crippen molar-refractivity contribution in [2.75, 3.05) is 5.32 Å². The number of anilines is 1. The number of sulfonamides is 1. The van der Waals surface area contributed by atoms with E-state index in [1.54, 1.807) is 30.3 Å². The van der Waals surface area contributed by atoms with Crippen LogP contribution >= 0.6 is 0 Å². The first-order valence-corrected chi connectivity index (χ1v) is 13.2. The minimum absolute atomic E-state index is 0.0670. The molecule has 31 heavy (non-hydrogen) atoms. The number of hydrogen-bond donors (Lipinski definition) is 3. The number of nitrogens with two attached hydrogens (primary N) is 1. The van der Waals surface area contributed by atoms with Gasteiger partial charge in [0, 0.05) is 0 Å². The zero-order valence-electron chi connectivity index (χ0n) is 15.8. The summed E-state index contributed by atoms with van der Waals surface area (Å²) in [7, 11) is -13.9. The van der Waals surface area contributed by atoms with E-state index in [1.807, 2.05) is 0 Å². The lowest BCUT2D eigenvalue weighted by Crippen LogP contribution is -2.20. The number of sulfone groups is 1. The summed E-state index contributed by atoms with van der Waals surface area (Å²) >= 11 is 0. The predicted molar refractivity (Wildman–Crippen MR) is 111 cm³/mol. The van der Waals surface area contributed by atoms with Crippen molar-refractivity contribution in [3.8, 4) is 0 Å². The first-order chi connectivity index (χ1) is 14.4. The third kappa shape index (κ3) is 5.51. The molecule has 0 saturated carbocycles. The molecular formula is C18H18N2O8S3. The fourth-order valence-electron chi connectivity index (χ4n) is 2.83. The third-order valence-corrected chi connectivity index (χ3v) is 7.89. The van der Waals surface area contributed by atoms with E-state index in [2.05, 4.69) is 5.32 Å². The van der Waals surface area contributed by atoms with Gasteiger partial charge in [-0.1, -0.05) is 30.3 Å². The Morgan fingerprint density at radius 3 is 2.10 bits per heavy atom. The largest absolute Gasteiger partial charge is 0.467 e. The first kappa shape index (κ1) is 23.0. The van der Waals surface area contributed by atoms with Crippen molar-refractivity contribution in [1.82, 2.24) is 0 Å². The highest BCUT2D eigenvalue weighted by Crippen LogP contribution is 2.33. The van der Waals surface area contributed by atoms with Crippen LogP contribution in [0, 0.1) is 0 Å². The summed E-state index contributed by atoms with van der Waals surface area (Å²) < 4.78 is 88.7. The molecule has 0 aliphatic carbocycles. The van der Waals surface area contributed by atoms with E-state index in [1.165, 1.54) is 18.4 Å². The van der Waals surface area contributed by atoms with Crippen LogP contribution < -0.4 is 10.5 Å². The second-order valence-electron chi connectivity index (χ2n) is 6.49. The van der Waals surface area contributed by atoms with Gasteiger partial charge in [0.2, 0.25) is 10.0 Å². The average molecular weight is 487 g/mol. The van der Waals surface area contributed by atoms with Crippen LogP contribution in [0.3, 0.4) is 0 Å². The lowest BCUT2D eigenvalue weighted by molar-refractivity contribution is 0.482. The molecule has 0 saturated heterocycles. The Morgan fingerprint density at radius 2 is 1.55 bits per heavy atom. The summed E-state index contributed by atoms with van der Waals surface area (Å²) in [4.78, 5) is -2.49. The number of primary sulfonamides is 1. The number of rotatable bonds is 8. The maximum atomic E-state index is 13.0. The molecule has 0 atom stereocenters. The molecule has 0 radical (unpaired) electrons. The number of furan rings is 1. The number of hydrogen-bond acceptors (Lipinski definition) is 8. The SMILES string of the molecule is NS(=O)(=O)c1cc(S(=O)(=O)O)c(NCc2ccco2)cc1S(=O)(=O)Cc1ccccc1. The van der Waals surface area contributed by atoms with E-state index in [0.717, 1.165) is 6.07 Å². The quantitative estimate of drug-likeness (QED) is 0.401. The molecule has 0 unspecified atom stereocenters. The van der Waals surface area contributed by atoms with Crippen LogP contribution in [0.4, 0.5) is 5.69 Å². The topological polar surface area (TPSA) is 174 Å². The van der Waals surface area contributed by atoms with Crippen LogP contribution in [0.2, 0.25) is 0 Å². The molecule has 13 heteroatoms. The van der Waals surface area contributed by atoms with Gasteiger partial charge in [-0.15, -0.1) is 0 Å². The number of benzene rings is 2. The average Bonchev–Trinajstić information content (AvgIpc) is 3.18. The van der Waals surface area contributed by atoms with Crippen molar-refractivity contribution < 1.29 is 34.2 Å². The van der Waals surface area contributed by atoms with Gasteiger partial charge in [0.25, 0.3) is 10.1 Å². The first-order valence-electron chi connectivity index (χ1n) is 8.59. The zero-order valence-corrected chi connectivity index (χ0v) is 18.2. The number of nitrogens with one attached hydrogen (secondary N) is 1. The molecule has 0 spiro atoms. The molecule has 1 aromatic heterocycles. The van der Waals surface area contributed by atoms with E-state index in [9.17, 15) is 29.8 Å². The Labute approximate surface area is 179 Å². The standard InChI is InChI=1S/C18H18N2O8S3/c19-30(23,24)18-10-16(31(25,26)27)15(20-11-14-7-4-8-28-14)9-17(18)29(21,22)12-13-5-2-1-3-6-13/h1-10,20H,11-12H2,(H2,19,23,24)(H,25,26,27). The molecule has 0 fully saturated rings. The van der Waals surface area contributed by atoms with Gasteiger partial charge in [0.15, 0.2) is 9.84 Å². The monoisotopic (exact) mass is 486 g/mol. The van der Waals surface area contributed by atoms with E-state index >= 15 is 0 Å². The van der Waals surface area contributed by atoms with Gasteiger partial charge in [-0.3, -0.25) is 4.55 Å². The molecule has 3 rings (SSSR count). The molecule has 0 bridgehead atoms. The van der Waals surface area contributed by atoms with Gasteiger partial charge in [0.05, 0.1) is 29.1 Å². The lowest BCUT2D eigenvalue weighted by Gasteiger charge is -2.15. The summed E-state index contributed by atoms with van der Waals surface area (Å²) in [5.41, 5.74) is 0.0461. The van der Waals surface area contributed by atoms with Crippen molar-refractivity contribution in [3.63, 3.8) is 0 Å². The highest BCUT2D eigenvalue weighted by molar-refractivity contribution is 7.93. The lowest BCUT2D eigenvalue weighted by atomic mass is 10.2. The van der Waals surface area contributed by atoms with Crippen LogP contribution in [0.15, 0.2) is 80.0 Å². The van der Waals surface area contributed by atoms with Crippen molar-refractivity contribution in [2.24, 2.45) is 5.14 Å². The Bertz CT molecular complexity index is 1400. The van der Waals surface area contributed by atoms with E-state index < -0.39 is 50.4 Å². The Hall–Kier alpha value is -2.71. The summed E-state index contributed by atoms with van der Waals surface area (Å²) in [6, 6.07) is 12.5. The van der Waals surface area contributed by atoms with Gasteiger partial charge < -0.3 is 9.73 Å². The fraction of sp³-hybridized carbons (Fsp3) is 0.111. The second kappa shape index (κ2) is 8.43. The zero-order chi connectivity index (χ0) is 22.9. The third-order valence-electron chi connectivity index (χ3n) is 4.20. The molecule has 166 valence electrons. The summed E-state index contributed by atoms with van der Waals surface area (Å²) in [6.07, 6.45) is 1.38. The molecule has 0 amide bonds. The Morgan fingerprint density at radius 1 is 0.871 bits per heavy atom. The van der Waals surface area contributed by atoms with Crippen molar-refractivity contribution in [3.05, 3.63) is 72.2 Å². The van der Waals surface area contributed by atoms with E-state index in [0.29, 0.717) is 17.4 Å². The van der Waals surface area contributed by atoms with Crippen LogP contribution in [0.25, 0.3) is 0 Å². The van der Waals surface area contributed by atoms with Crippen LogP contribution in [0.1, 0.15) is 11.3 Å². The minimum Gasteiger partial charge on any atom is -0.467 e. The van der Waals surface area contributed by atoms with Crippen molar-refractivity contribution in [1.29, 1.82) is 0 Å². The van der Waals surface area contributed by atoms with Crippen molar-refractivity contribution >= 4 is 35.7 Å². The molecule has 0 aliphatic rings. The fourth-order valence-corrected chi connectivity index (χ4v) is 6.38. The van der Waals surface area contributed by atoms with Crippen LogP contribution in [0.5, 0.6) is 0 Å². The molecule has 10 nitrogen and oxygen atoms in total. The Balaban J connectivity index is 2.19. The van der Waals surface area contributed by atoms with Gasteiger partial charge in [-0.05, 0) is 29.8 Å². The van der Waals surface area contributed by atoms with E-state index in [-0.39, 0.29) is 12.2 Å². The molecule has 2 aromatic carbocycles. The summed E-state index contributed by atoms with van der Waals surface area (Å²) in [6.45, 7) is -0.0670. The molecule has 4 N–H and O–H groups in total. The van der Waals surface area contributed by atoms with Gasteiger partial charge >= 0.3 is 0 Å². The molecule has 0 aliphatic heterocycles. The van der Waals surface area contributed by atoms with E-state index in [4.69, 9.17) is 9.56 Å². The summed E-state index contributed by atoms with van der Waals surface area (Å²) in [5.74, 6) is -0.176. The molecule has 3 aromatic rings. The molecule has 1 heterocycles. The minimum atomic E-state index is -4.94. The predicted octanol–water partition coefficient (Wildman–Crippen LogP) is 1.76. The smallest absolute Gasteiger partial charge is 0.296 e. The maximum absolute atomic E-state index is 13.0. The van der Waals surface area contributed by atoms with Crippen molar-refractivity contribution in [2.45, 2.75) is 27.0 Å². The summed E-state index contributed by atoms with van der Waals surface area (Å²) in [5, 5.41) is 7.80. The highest BCUT2D eigenvalue weighted by Gasteiger charge is 2.30. The normalized spacial score (nSPS) is 12.6. The van der Waals surface area contributed by atoms with Gasteiger partial charge in [-0.2, -0.15) is 8.42 Å².